The zero-order valence-corrected chi connectivity index (χ0v) is 12.0. The van der Waals surface area contributed by atoms with Crippen LogP contribution in [0, 0.1) is 0 Å². The first-order valence-electron chi connectivity index (χ1n) is 4.31. The predicted molar refractivity (Wildman–Crippen MR) is 73.0 cm³/mol. The molecule has 0 saturated carbocycles. The summed E-state index contributed by atoms with van der Waals surface area (Å²) in [4.78, 5) is 0. The first kappa shape index (κ1) is 12.2. The van der Waals surface area contributed by atoms with Crippen molar-refractivity contribution in [2.24, 2.45) is 0 Å². The lowest BCUT2D eigenvalue weighted by Crippen LogP contribution is -1.82. The zero-order chi connectivity index (χ0) is 11.5. The van der Waals surface area contributed by atoms with Crippen LogP contribution in [-0.4, -0.2) is 10.2 Å². The SMILES string of the molecule is Nc1nnc(SCc2ccc(Br)cc2Cl)s1. The van der Waals surface area contributed by atoms with E-state index >= 15 is 0 Å². The Morgan fingerprint density at radius 2 is 2.25 bits per heavy atom. The quantitative estimate of drug-likeness (QED) is 0.866. The third-order valence-corrected chi connectivity index (χ3v) is 4.57. The molecule has 0 spiro atoms. The largest absolute Gasteiger partial charge is 0.374 e. The highest BCUT2D eigenvalue weighted by molar-refractivity contribution is 9.10. The topological polar surface area (TPSA) is 51.8 Å². The van der Waals surface area contributed by atoms with Crippen molar-refractivity contribution in [3.8, 4) is 0 Å². The molecule has 0 radical (unpaired) electrons. The van der Waals surface area contributed by atoms with Gasteiger partial charge in [0.1, 0.15) is 0 Å². The van der Waals surface area contributed by atoms with Gasteiger partial charge in [0.05, 0.1) is 0 Å². The Hall–Kier alpha value is -0.300. The van der Waals surface area contributed by atoms with Gasteiger partial charge in [0.15, 0.2) is 4.34 Å². The number of anilines is 1. The van der Waals surface area contributed by atoms with E-state index in [0.717, 1.165) is 25.2 Å². The van der Waals surface area contributed by atoms with Gasteiger partial charge >= 0.3 is 0 Å². The minimum atomic E-state index is 0.490. The van der Waals surface area contributed by atoms with Crippen LogP contribution in [0.3, 0.4) is 0 Å². The maximum absolute atomic E-state index is 6.10. The Morgan fingerprint density at radius 3 is 2.88 bits per heavy atom. The average Bonchev–Trinajstić information content (AvgIpc) is 2.63. The van der Waals surface area contributed by atoms with Gasteiger partial charge in [-0.3, -0.25) is 0 Å². The van der Waals surface area contributed by atoms with E-state index in [2.05, 4.69) is 26.1 Å². The highest BCUT2D eigenvalue weighted by Gasteiger charge is 2.05. The second-order valence-corrected chi connectivity index (χ2v) is 6.49. The molecule has 2 rings (SSSR count). The number of hydrogen-bond donors (Lipinski definition) is 1. The highest BCUT2D eigenvalue weighted by atomic mass is 79.9. The number of halogens is 2. The second kappa shape index (κ2) is 5.35. The fourth-order valence-electron chi connectivity index (χ4n) is 1.06. The molecule has 1 heterocycles. The summed E-state index contributed by atoms with van der Waals surface area (Å²) in [6.45, 7) is 0. The summed E-state index contributed by atoms with van der Waals surface area (Å²) in [5.74, 6) is 0.765. The van der Waals surface area contributed by atoms with Crippen molar-refractivity contribution in [2.45, 2.75) is 10.1 Å². The molecule has 0 saturated heterocycles. The Labute approximate surface area is 115 Å². The lowest BCUT2D eigenvalue weighted by Gasteiger charge is -2.02. The van der Waals surface area contributed by atoms with Crippen LogP contribution in [0.15, 0.2) is 27.0 Å². The monoisotopic (exact) mass is 335 g/mol. The molecule has 3 nitrogen and oxygen atoms in total. The van der Waals surface area contributed by atoms with Crippen LogP contribution < -0.4 is 5.73 Å². The van der Waals surface area contributed by atoms with Crippen molar-refractivity contribution in [1.82, 2.24) is 10.2 Å². The molecule has 1 aromatic heterocycles. The van der Waals surface area contributed by atoms with Gasteiger partial charge in [-0.25, -0.2) is 0 Å². The molecule has 0 fully saturated rings. The number of nitrogens with two attached hydrogens (primary N) is 1. The van der Waals surface area contributed by atoms with E-state index in [1.165, 1.54) is 11.3 Å². The third kappa shape index (κ3) is 3.10. The first-order valence-corrected chi connectivity index (χ1v) is 7.28. The third-order valence-electron chi connectivity index (χ3n) is 1.79. The molecule has 2 N–H and O–H groups in total. The van der Waals surface area contributed by atoms with Crippen LogP contribution in [0.25, 0.3) is 0 Å². The van der Waals surface area contributed by atoms with Crippen molar-refractivity contribution in [3.63, 3.8) is 0 Å². The van der Waals surface area contributed by atoms with Crippen LogP contribution in [0.2, 0.25) is 5.02 Å². The molecule has 0 amide bonds. The van der Waals surface area contributed by atoms with E-state index in [9.17, 15) is 0 Å². The van der Waals surface area contributed by atoms with E-state index in [-0.39, 0.29) is 0 Å². The van der Waals surface area contributed by atoms with E-state index < -0.39 is 0 Å². The number of thioether (sulfide) groups is 1. The molecule has 0 bridgehead atoms. The summed E-state index contributed by atoms with van der Waals surface area (Å²) in [5, 5.41) is 8.92. The molecule has 7 heteroatoms. The lowest BCUT2D eigenvalue weighted by molar-refractivity contribution is 1.02. The fourth-order valence-corrected chi connectivity index (χ4v) is 3.52. The maximum Gasteiger partial charge on any atom is 0.203 e. The molecule has 1 aromatic carbocycles. The summed E-state index contributed by atoms with van der Waals surface area (Å²) in [7, 11) is 0. The molecule has 2 aromatic rings. The molecular weight excluding hydrogens is 330 g/mol. The number of hydrogen-bond acceptors (Lipinski definition) is 5. The minimum absolute atomic E-state index is 0.490. The van der Waals surface area contributed by atoms with Crippen molar-refractivity contribution < 1.29 is 0 Å². The van der Waals surface area contributed by atoms with Crippen LogP contribution in [0.1, 0.15) is 5.56 Å². The molecule has 0 aliphatic rings. The van der Waals surface area contributed by atoms with Crippen molar-refractivity contribution >= 4 is 55.8 Å². The first-order chi connectivity index (χ1) is 7.65. The Morgan fingerprint density at radius 1 is 1.44 bits per heavy atom. The summed E-state index contributed by atoms with van der Waals surface area (Å²) in [5.41, 5.74) is 6.57. The molecular formula is C9H7BrClN3S2. The summed E-state index contributed by atoms with van der Waals surface area (Å²) >= 11 is 12.4. The molecule has 16 heavy (non-hydrogen) atoms. The van der Waals surface area contributed by atoms with Gasteiger partial charge in [-0.05, 0) is 17.7 Å². The molecule has 84 valence electrons. The van der Waals surface area contributed by atoms with E-state index in [1.807, 2.05) is 18.2 Å². The van der Waals surface area contributed by atoms with Crippen molar-refractivity contribution in [3.05, 3.63) is 33.3 Å². The predicted octanol–water partition coefficient (Wildman–Crippen LogP) is 3.83. The van der Waals surface area contributed by atoms with Crippen molar-refractivity contribution in [2.75, 3.05) is 5.73 Å². The Kier molecular flexibility index (Phi) is 4.07. The van der Waals surface area contributed by atoms with Crippen LogP contribution in [-0.2, 0) is 5.75 Å². The van der Waals surface area contributed by atoms with Gasteiger partial charge < -0.3 is 5.73 Å². The minimum Gasteiger partial charge on any atom is -0.374 e. The van der Waals surface area contributed by atoms with Crippen molar-refractivity contribution in [1.29, 1.82) is 0 Å². The number of nitrogen functional groups attached to an aromatic ring is 1. The van der Waals surface area contributed by atoms with Crippen LogP contribution >= 0.6 is 50.6 Å². The summed E-state index contributed by atoms with van der Waals surface area (Å²) < 4.78 is 1.84. The summed E-state index contributed by atoms with van der Waals surface area (Å²) in [6, 6.07) is 5.84. The van der Waals surface area contributed by atoms with Gasteiger partial charge in [0.25, 0.3) is 0 Å². The zero-order valence-electron chi connectivity index (χ0n) is 7.98. The Bertz CT molecular complexity index is 503. The molecule has 0 aliphatic heterocycles. The van der Waals surface area contributed by atoms with E-state index in [1.54, 1.807) is 11.8 Å². The van der Waals surface area contributed by atoms with Gasteiger partial charge in [0, 0.05) is 15.2 Å². The number of nitrogens with zero attached hydrogens (tertiary/aromatic N) is 2. The average molecular weight is 337 g/mol. The number of rotatable bonds is 3. The van der Waals surface area contributed by atoms with Gasteiger partial charge in [-0.1, -0.05) is 56.7 Å². The second-order valence-electron chi connectivity index (χ2n) is 2.93. The van der Waals surface area contributed by atoms with Crippen LogP contribution in [0.5, 0.6) is 0 Å². The van der Waals surface area contributed by atoms with Gasteiger partial charge in [-0.2, -0.15) is 0 Å². The number of benzene rings is 1. The smallest absolute Gasteiger partial charge is 0.203 e. The maximum atomic E-state index is 6.10. The summed E-state index contributed by atoms with van der Waals surface area (Å²) in [6.07, 6.45) is 0. The normalized spacial score (nSPS) is 10.6. The highest BCUT2D eigenvalue weighted by Crippen LogP contribution is 2.30. The van der Waals surface area contributed by atoms with E-state index in [0.29, 0.717) is 5.13 Å². The van der Waals surface area contributed by atoms with Gasteiger partial charge in [0.2, 0.25) is 5.13 Å². The Balaban J connectivity index is 2.04. The number of aromatic nitrogens is 2. The molecule has 0 aliphatic carbocycles. The molecule has 0 atom stereocenters. The fraction of sp³-hybridized carbons (Fsp3) is 0.111. The van der Waals surface area contributed by atoms with E-state index in [4.69, 9.17) is 17.3 Å². The molecule has 0 unspecified atom stereocenters. The lowest BCUT2D eigenvalue weighted by atomic mass is 10.2. The standard InChI is InChI=1S/C9H7BrClN3S2/c10-6-2-1-5(7(11)3-6)4-15-9-14-13-8(12)16-9/h1-3H,4H2,(H2,12,13). The van der Waals surface area contributed by atoms with Gasteiger partial charge in [-0.15, -0.1) is 10.2 Å². The van der Waals surface area contributed by atoms with Crippen LogP contribution in [0.4, 0.5) is 5.13 Å².